The molecule has 0 atom stereocenters. The highest BCUT2D eigenvalue weighted by Crippen LogP contribution is 2.35. The number of pyridine rings is 1. The Bertz CT molecular complexity index is 839. The molecule has 3 rings (SSSR count). The number of alkyl halides is 3. The number of carbonyl (C=O) groups is 1. The summed E-state index contributed by atoms with van der Waals surface area (Å²) >= 11 is 0. The number of nitrogens with zero attached hydrogens (tertiary/aromatic N) is 2. The van der Waals surface area contributed by atoms with Crippen LogP contribution >= 0.6 is 0 Å². The molecule has 0 spiro atoms. The standard InChI is InChI=1S/C20H22F3N3O2/c1-19(2,3)13-6-8-14(9-7-13)25-18(27)26-11-15(12-26)28-17-16(20(21,22)23)5-4-10-24-17/h4-10,15H,11-12H2,1-3H3,(H,25,27). The van der Waals surface area contributed by atoms with E-state index in [0.717, 1.165) is 11.6 Å². The average Bonchev–Trinajstić information content (AvgIpc) is 2.56. The molecule has 1 saturated heterocycles. The van der Waals surface area contributed by atoms with Gasteiger partial charge in [0.25, 0.3) is 0 Å². The summed E-state index contributed by atoms with van der Waals surface area (Å²) in [6, 6.07) is 9.38. The summed E-state index contributed by atoms with van der Waals surface area (Å²) in [5.74, 6) is -0.460. The first-order chi connectivity index (χ1) is 13.0. The molecule has 1 N–H and O–H groups in total. The van der Waals surface area contributed by atoms with E-state index in [-0.39, 0.29) is 24.5 Å². The van der Waals surface area contributed by atoms with Crippen molar-refractivity contribution < 1.29 is 22.7 Å². The number of nitrogens with one attached hydrogen (secondary N) is 1. The number of hydrogen-bond acceptors (Lipinski definition) is 3. The topological polar surface area (TPSA) is 54.5 Å². The Morgan fingerprint density at radius 2 is 1.79 bits per heavy atom. The van der Waals surface area contributed by atoms with E-state index >= 15 is 0 Å². The summed E-state index contributed by atoms with van der Waals surface area (Å²) in [5, 5.41) is 2.78. The van der Waals surface area contributed by atoms with Crippen LogP contribution in [0.1, 0.15) is 31.9 Å². The van der Waals surface area contributed by atoms with E-state index in [1.165, 1.54) is 17.2 Å². The summed E-state index contributed by atoms with van der Waals surface area (Å²) in [6.07, 6.45) is -3.82. The number of amides is 2. The van der Waals surface area contributed by atoms with Crippen molar-refractivity contribution in [1.82, 2.24) is 9.88 Å². The van der Waals surface area contributed by atoms with E-state index < -0.39 is 23.7 Å². The number of urea groups is 1. The second kappa shape index (κ2) is 7.33. The number of likely N-dealkylation sites (tertiary alicyclic amines) is 1. The van der Waals surface area contributed by atoms with Crippen LogP contribution in [0.25, 0.3) is 0 Å². The fourth-order valence-corrected chi connectivity index (χ4v) is 2.79. The molecular formula is C20H22F3N3O2. The lowest BCUT2D eigenvalue weighted by molar-refractivity contribution is -0.140. The zero-order chi connectivity index (χ0) is 20.5. The lowest BCUT2D eigenvalue weighted by Crippen LogP contribution is -2.57. The highest BCUT2D eigenvalue weighted by molar-refractivity contribution is 5.89. The van der Waals surface area contributed by atoms with E-state index in [0.29, 0.717) is 5.69 Å². The van der Waals surface area contributed by atoms with Gasteiger partial charge in [0.1, 0.15) is 11.7 Å². The lowest BCUT2D eigenvalue weighted by Gasteiger charge is -2.38. The van der Waals surface area contributed by atoms with Crippen molar-refractivity contribution in [2.45, 2.75) is 38.5 Å². The fraction of sp³-hybridized carbons (Fsp3) is 0.400. The minimum atomic E-state index is -4.54. The number of rotatable bonds is 3. The van der Waals surface area contributed by atoms with Gasteiger partial charge in [0.15, 0.2) is 0 Å². The largest absolute Gasteiger partial charge is 0.470 e. The zero-order valence-corrected chi connectivity index (χ0v) is 15.9. The molecule has 8 heteroatoms. The van der Waals surface area contributed by atoms with E-state index in [1.807, 2.05) is 24.3 Å². The summed E-state index contributed by atoms with van der Waals surface area (Å²) in [5.41, 5.74) is 0.910. The summed E-state index contributed by atoms with van der Waals surface area (Å²) in [7, 11) is 0. The maximum Gasteiger partial charge on any atom is 0.421 e. The molecule has 0 bridgehead atoms. The second-order valence-electron chi connectivity index (χ2n) is 7.76. The minimum absolute atomic E-state index is 0.0192. The number of halogens is 3. The maximum absolute atomic E-state index is 13.0. The van der Waals surface area contributed by atoms with Crippen molar-refractivity contribution in [2.75, 3.05) is 18.4 Å². The van der Waals surface area contributed by atoms with Crippen LogP contribution in [0.5, 0.6) is 5.88 Å². The first-order valence-electron chi connectivity index (χ1n) is 8.89. The number of carbonyl (C=O) groups excluding carboxylic acids is 1. The van der Waals surface area contributed by atoms with Crippen molar-refractivity contribution in [1.29, 1.82) is 0 Å². The molecular weight excluding hydrogens is 371 g/mol. The molecule has 0 aliphatic carbocycles. The van der Waals surface area contributed by atoms with Gasteiger partial charge in [-0.05, 0) is 35.2 Å². The first kappa shape index (κ1) is 20.0. The zero-order valence-electron chi connectivity index (χ0n) is 15.9. The third kappa shape index (κ3) is 4.55. The Kier molecular flexibility index (Phi) is 5.23. The van der Waals surface area contributed by atoms with Crippen LogP contribution in [0, 0.1) is 0 Å². The fourth-order valence-electron chi connectivity index (χ4n) is 2.79. The Labute approximate surface area is 161 Å². The number of benzene rings is 1. The molecule has 150 valence electrons. The molecule has 5 nitrogen and oxygen atoms in total. The summed E-state index contributed by atoms with van der Waals surface area (Å²) in [4.78, 5) is 17.4. The quantitative estimate of drug-likeness (QED) is 0.823. The van der Waals surface area contributed by atoms with Gasteiger partial charge < -0.3 is 15.0 Å². The van der Waals surface area contributed by atoms with Gasteiger partial charge in [-0.1, -0.05) is 32.9 Å². The molecule has 1 fully saturated rings. The van der Waals surface area contributed by atoms with Crippen molar-refractivity contribution in [2.24, 2.45) is 0 Å². The summed E-state index contributed by atoms with van der Waals surface area (Å²) in [6.45, 7) is 6.70. The maximum atomic E-state index is 13.0. The normalized spacial score (nSPS) is 15.1. The molecule has 0 saturated carbocycles. The number of aromatic nitrogens is 1. The molecule has 1 aliphatic heterocycles. The minimum Gasteiger partial charge on any atom is -0.470 e. The Morgan fingerprint density at radius 3 is 2.36 bits per heavy atom. The highest BCUT2D eigenvalue weighted by Gasteiger charge is 2.38. The van der Waals surface area contributed by atoms with Crippen LogP contribution in [0.4, 0.5) is 23.7 Å². The van der Waals surface area contributed by atoms with Gasteiger partial charge in [-0.2, -0.15) is 13.2 Å². The monoisotopic (exact) mass is 393 g/mol. The Hall–Kier alpha value is -2.77. The molecule has 0 radical (unpaired) electrons. The second-order valence-corrected chi connectivity index (χ2v) is 7.76. The van der Waals surface area contributed by atoms with E-state index in [9.17, 15) is 18.0 Å². The summed E-state index contributed by atoms with van der Waals surface area (Å²) < 4.78 is 44.3. The van der Waals surface area contributed by atoms with Gasteiger partial charge in [-0.3, -0.25) is 0 Å². The van der Waals surface area contributed by atoms with Crippen LogP contribution in [-0.2, 0) is 11.6 Å². The SMILES string of the molecule is CC(C)(C)c1ccc(NC(=O)N2CC(Oc3ncccc3C(F)(F)F)C2)cc1. The van der Waals surface area contributed by atoms with Gasteiger partial charge in [0.2, 0.25) is 5.88 Å². The van der Waals surface area contributed by atoms with Gasteiger partial charge >= 0.3 is 12.2 Å². The molecule has 1 aromatic carbocycles. The van der Waals surface area contributed by atoms with Crippen molar-refractivity contribution in [3.8, 4) is 5.88 Å². The Balaban J connectivity index is 1.54. The number of ether oxygens (including phenoxy) is 1. The van der Waals surface area contributed by atoms with Crippen LogP contribution in [-0.4, -0.2) is 35.1 Å². The van der Waals surface area contributed by atoms with Crippen LogP contribution in [0.2, 0.25) is 0 Å². The van der Waals surface area contributed by atoms with Gasteiger partial charge in [-0.25, -0.2) is 9.78 Å². The number of hydrogen-bond donors (Lipinski definition) is 1. The van der Waals surface area contributed by atoms with Gasteiger partial charge in [0, 0.05) is 11.9 Å². The molecule has 1 aromatic heterocycles. The van der Waals surface area contributed by atoms with E-state index in [1.54, 1.807) is 0 Å². The predicted octanol–water partition coefficient (Wildman–Crippen LogP) is 4.69. The molecule has 1 aliphatic rings. The van der Waals surface area contributed by atoms with Crippen molar-refractivity contribution >= 4 is 11.7 Å². The third-order valence-electron chi connectivity index (χ3n) is 4.49. The predicted molar refractivity (Wildman–Crippen MR) is 99.4 cm³/mol. The van der Waals surface area contributed by atoms with Crippen molar-refractivity contribution in [3.63, 3.8) is 0 Å². The molecule has 2 aromatic rings. The van der Waals surface area contributed by atoms with Crippen LogP contribution < -0.4 is 10.1 Å². The highest BCUT2D eigenvalue weighted by atomic mass is 19.4. The Morgan fingerprint density at radius 1 is 1.14 bits per heavy atom. The van der Waals surface area contributed by atoms with E-state index in [2.05, 4.69) is 31.1 Å². The molecule has 2 amide bonds. The average molecular weight is 393 g/mol. The molecule has 28 heavy (non-hydrogen) atoms. The van der Waals surface area contributed by atoms with Crippen molar-refractivity contribution in [3.05, 3.63) is 53.7 Å². The van der Waals surface area contributed by atoms with E-state index in [4.69, 9.17) is 4.74 Å². The van der Waals surface area contributed by atoms with Crippen LogP contribution in [0.3, 0.4) is 0 Å². The molecule has 2 heterocycles. The third-order valence-corrected chi connectivity index (χ3v) is 4.49. The van der Waals surface area contributed by atoms with Gasteiger partial charge in [-0.15, -0.1) is 0 Å². The van der Waals surface area contributed by atoms with Crippen LogP contribution in [0.15, 0.2) is 42.6 Å². The smallest absolute Gasteiger partial charge is 0.421 e. The number of anilines is 1. The molecule has 0 unspecified atom stereocenters. The van der Waals surface area contributed by atoms with Gasteiger partial charge in [0.05, 0.1) is 13.1 Å². The lowest BCUT2D eigenvalue weighted by atomic mass is 9.87. The first-order valence-corrected chi connectivity index (χ1v) is 8.89.